The van der Waals surface area contributed by atoms with Crippen molar-refractivity contribution in [3.05, 3.63) is 205 Å². The summed E-state index contributed by atoms with van der Waals surface area (Å²) in [4.78, 5) is 56.7. The smallest absolute Gasteiger partial charge is 0.264 e. The molecule has 2 aliphatic heterocycles. The van der Waals surface area contributed by atoms with Gasteiger partial charge >= 0.3 is 0 Å². The highest BCUT2D eigenvalue weighted by Gasteiger charge is 2.53. The molecule has 344 valence electrons. The van der Waals surface area contributed by atoms with E-state index in [1.807, 2.05) is 37.2 Å². The first kappa shape index (κ1) is 44.9. The van der Waals surface area contributed by atoms with Gasteiger partial charge in [-0.2, -0.15) is 0 Å². The van der Waals surface area contributed by atoms with E-state index >= 15 is 8.42 Å². The van der Waals surface area contributed by atoms with Crippen LogP contribution in [0.4, 0.5) is 5.69 Å². The highest BCUT2D eigenvalue weighted by molar-refractivity contribution is 7.89. The Balaban J connectivity index is 1.03. The van der Waals surface area contributed by atoms with Crippen molar-refractivity contribution in [2.24, 2.45) is 11.8 Å². The highest BCUT2D eigenvalue weighted by Crippen LogP contribution is 2.49. The number of Topliss-reactive ketones (excluding diaryl/α,β-unsaturated/α-hetero) is 2. The highest BCUT2D eigenvalue weighted by atomic mass is 32.2. The zero-order valence-corrected chi connectivity index (χ0v) is 39.1. The predicted octanol–water partition coefficient (Wildman–Crippen LogP) is 7.96. The van der Waals surface area contributed by atoms with Gasteiger partial charge in [0, 0.05) is 32.2 Å². The number of anilines is 1. The van der Waals surface area contributed by atoms with Gasteiger partial charge in [0.15, 0.2) is 0 Å². The minimum Gasteiger partial charge on any atom is -0.497 e. The molecule has 0 fully saturated rings. The number of allylic oxidation sites excluding steroid dienone is 2. The Bertz CT molecular complexity index is 3490. The third-order valence-corrected chi connectivity index (χ3v) is 16.6. The third-order valence-electron chi connectivity index (χ3n) is 13.1. The molecular weight excluding hydrogens is 911 g/mol. The second-order valence-electron chi connectivity index (χ2n) is 17.3. The summed E-state index contributed by atoms with van der Waals surface area (Å²) in [5, 5.41) is 0. The van der Waals surface area contributed by atoms with Crippen LogP contribution in [0.25, 0.3) is 33.4 Å². The summed E-state index contributed by atoms with van der Waals surface area (Å²) in [6.07, 6.45) is 5.36. The summed E-state index contributed by atoms with van der Waals surface area (Å²) in [6.45, 7) is 0. The number of methoxy groups -OCH3 is 1. The molecule has 4 atom stereocenters. The summed E-state index contributed by atoms with van der Waals surface area (Å²) in [5.74, 6) is -4.75. The standard InChI is InChI=1S/C55H43N3O9S2/c1-56(2)40-18-10-16-38(27-40)44-30-48(59)55(62)51-47(33-57(52(44)51)68(63,64)42-20-8-5-9-21-42)36-25-23-34(24-26-36)37-15-12-22-43(29-37)69(65,66)58-32-46(35-13-6-4-7-14-35)50-53(58)45(31-49(60)54(50)61)39-17-11-19-41(28-39)67-3/h4-33,50-53H,1-3H3. The fourth-order valence-electron chi connectivity index (χ4n) is 9.71. The Morgan fingerprint density at radius 2 is 0.899 bits per heavy atom. The van der Waals surface area contributed by atoms with Crippen molar-refractivity contribution >= 4 is 71.2 Å². The quantitative estimate of drug-likeness (QED) is 0.117. The van der Waals surface area contributed by atoms with E-state index in [0.29, 0.717) is 61.4 Å². The molecular formula is C55H43N3O9S2. The molecule has 0 amide bonds. The summed E-state index contributed by atoms with van der Waals surface area (Å²) in [7, 11) is -3.45. The van der Waals surface area contributed by atoms with Crippen LogP contribution in [-0.4, -0.2) is 81.9 Å². The fourth-order valence-corrected chi connectivity index (χ4v) is 12.8. The Kier molecular flexibility index (Phi) is 11.2. The molecule has 4 unspecified atom stereocenters. The number of ketones is 4. The number of nitrogens with zero attached hydrogens (tertiary/aromatic N) is 3. The first-order valence-corrected chi connectivity index (χ1v) is 24.9. The molecule has 6 aromatic carbocycles. The van der Waals surface area contributed by atoms with Gasteiger partial charge in [0.1, 0.15) is 5.75 Å². The number of rotatable bonds is 11. The van der Waals surface area contributed by atoms with Gasteiger partial charge in [0.25, 0.3) is 20.0 Å². The third kappa shape index (κ3) is 7.71. The van der Waals surface area contributed by atoms with Crippen LogP contribution in [0.5, 0.6) is 5.75 Å². The van der Waals surface area contributed by atoms with Crippen molar-refractivity contribution < 1.29 is 40.8 Å². The molecule has 4 aliphatic rings. The zero-order valence-electron chi connectivity index (χ0n) is 37.5. The normalized spacial score (nSPS) is 20.2. The van der Waals surface area contributed by atoms with E-state index in [4.69, 9.17) is 4.74 Å². The van der Waals surface area contributed by atoms with Crippen molar-refractivity contribution in [3.63, 3.8) is 0 Å². The molecule has 0 radical (unpaired) electrons. The van der Waals surface area contributed by atoms with Crippen LogP contribution in [0.1, 0.15) is 22.3 Å². The minimum absolute atomic E-state index is 0.0181. The van der Waals surface area contributed by atoms with Crippen LogP contribution in [-0.2, 0) is 39.2 Å². The molecule has 12 nitrogen and oxygen atoms in total. The van der Waals surface area contributed by atoms with E-state index in [0.717, 1.165) is 5.69 Å². The van der Waals surface area contributed by atoms with E-state index in [1.54, 1.807) is 115 Å². The van der Waals surface area contributed by atoms with Crippen LogP contribution in [0, 0.1) is 11.8 Å². The van der Waals surface area contributed by atoms with E-state index in [-0.39, 0.29) is 9.79 Å². The molecule has 0 N–H and O–H groups in total. The monoisotopic (exact) mass is 953 g/mol. The molecule has 0 saturated heterocycles. The van der Waals surface area contributed by atoms with E-state index < -0.39 is 67.1 Å². The van der Waals surface area contributed by atoms with Gasteiger partial charge in [-0.25, -0.2) is 16.8 Å². The van der Waals surface area contributed by atoms with Gasteiger partial charge in [0.2, 0.25) is 23.1 Å². The lowest BCUT2D eigenvalue weighted by molar-refractivity contribution is -0.135. The molecule has 0 aromatic heterocycles. The number of hydrogen-bond acceptors (Lipinski definition) is 10. The fraction of sp³-hybridized carbons (Fsp3) is 0.127. The lowest BCUT2D eigenvalue weighted by Crippen LogP contribution is -2.44. The van der Waals surface area contributed by atoms with Gasteiger partial charge in [-0.1, -0.05) is 109 Å². The van der Waals surface area contributed by atoms with Crippen molar-refractivity contribution in [2.75, 3.05) is 26.1 Å². The molecule has 6 aromatic rings. The lowest BCUT2D eigenvalue weighted by Gasteiger charge is -2.33. The summed E-state index contributed by atoms with van der Waals surface area (Å²) in [6, 6.07) is 42.2. The van der Waals surface area contributed by atoms with Crippen molar-refractivity contribution in [2.45, 2.75) is 21.9 Å². The largest absolute Gasteiger partial charge is 0.497 e. The predicted molar refractivity (Wildman–Crippen MR) is 263 cm³/mol. The maximum atomic E-state index is 15.1. The maximum Gasteiger partial charge on any atom is 0.264 e. The summed E-state index contributed by atoms with van der Waals surface area (Å²) < 4.78 is 67.0. The number of benzene rings is 6. The number of ether oxygens (including phenoxy) is 1. The Morgan fingerprint density at radius 3 is 1.46 bits per heavy atom. The molecule has 14 heteroatoms. The average Bonchev–Trinajstić information content (AvgIpc) is 3.99. The van der Waals surface area contributed by atoms with Crippen molar-refractivity contribution in [1.82, 2.24) is 8.61 Å². The van der Waals surface area contributed by atoms with Gasteiger partial charge in [-0.05, 0) is 116 Å². The van der Waals surface area contributed by atoms with Gasteiger partial charge in [0.05, 0.1) is 40.8 Å². The average molecular weight is 954 g/mol. The first-order valence-electron chi connectivity index (χ1n) is 22.0. The number of sulfonamides is 2. The molecule has 0 spiro atoms. The number of carbonyl (C=O) groups is 4. The van der Waals surface area contributed by atoms with Crippen LogP contribution < -0.4 is 9.64 Å². The topological polar surface area (TPSA) is 156 Å². The van der Waals surface area contributed by atoms with Crippen molar-refractivity contribution in [3.8, 4) is 16.9 Å². The van der Waals surface area contributed by atoms with E-state index in [2.05, 4.69) is 0 Å². The second-order valence-corrected chi connectivity index (χ2v) is 21.0. The molecule has 2 aliphatic carbocycles. The number of fused-ring (bicyclic) bond motifs is 2. The van der Waals surface area contributed by atoms with E-state index in [9.17, 15) is 27.6 Å². The van der Waals surface area contributed by atoms with Crippen LogP contribution in [0.15, 0.2) is 192 Å². The molecule has 0 saturated carbocycles. The second kappa shape index (κ2) is 17.3. The Hall–Kier alpha value is -7.94. The zero-order chi connectivity index (χ0) is 48.4. The molecule has 0 bridgehead atoms. The summed E-state index contributed by atoms with van der Waals surface area (Å²) >= 11 is 0. The van der Waals surface area contributed by atoms with Gasteiger partial charge in [-0.15, -0.1) is 0 Å². The maximum absolute atomic E-state index is 15.1. The molecule has 2 heterocycles. The van der Waals surface area contributed by atoms with Crippen LogP contribution in [0.2, 0.25) is 0 Å². The SMILES string of the molecule is COc1cccc(C2=CC(=O)C(=O)C3C(c4ccccc4)=CN(S(=O)(=O)c4cccc(-c5ccc(C6=CN(S(=O)(=O)c7ccccc7)C7C(c8cccc(N(C)C)c8)=CC(=O)C(=O)C67)cc5)c4)C23)c1. The van der Waals surface area contributed by atoms with E-state index in [1.165, 1.54) is 64.5 Å². The summed E-state index contributed by atoms with van der Waals surface area (Å²) in [5.41, 5.74) is 5.61. The first-order chi connectivity index (χ1) is 33.2. The molecule has 10 rings (SSSR count). The Labute approximate surface area is 399 Å². The van der Waals surface area contributed by atoms with Gasteiger partial charge in [-0.3, -0.25) is 27.8 Å². The number of hydrogen-bond donors (Lipinski definition) is 0. The molecule has 69 heavy (non-hydrogen) atoms. The minimum atomic E-state index is -4.43. The lowest BCUT2D eigenvalue weighted by atomic mass is 9.76. The van der Waals surface area contributed by atoms with Crippen LogP contribution in [0.3, 0.4) is 0 Å². The van der Waals surface area contributed by atoms with Crippen molar-refractivity contribution in [1.29, 1.82) is 0 Å². The Morgan fingerprint density at radius 1 is 0.449 bits per heavy atom. The van der Waals surface area contributed by atoms with Gasteiger partial charge < -0.3 is 9.64 Å². The number of carbonyl (C=O) groups excluding carboxylic acids is 4. The van der Waals surface area contributed by atoms with Crippen LogP contribution >= 0.6 is 0 Å².